The summed E-state index contributed by atoms with van der Waals surface area (Å²) in [6, 6.07) is 12.7. The zero-order valence-corrected chi connectivity index (χ0v) is 15.2. The summed E-state index contributed by atoms with van der Waals surface area (Å²) in [7, 11) is 0. The lowest BCUT2D eigenvalue weighted by atomic mass is 10.1. The Labute approximate surface area is 152 Å². The minimum Gasteiger partial charge on any atom is -0.459 e. The minimum absolute atomic E-state index is 0.0218. The first-order valence-electron chi connectivity index (χ1n) is 8.55. The lowest BCUT2D eigenvalue weighted by Gasteiger charge is -2.07. The van der Waals surface area contributed by atoms with Gasteiger partial charge in [0.1, 0.15) is 0 Å². The molecule has 1 heterocycles. The van der Waals surface area contributed by atoms with Gasteiger partial charge in [-0.15, -0.1) is 0 Å². The van der Waals surface area contributed by atoms with E-state index in [4.69, 9.17) is 0 Å². The van der Waals surface area contributed by atoms with Gasteiger partial charge < -0.3 is 15.5 Å². The van der Waals surface area contributed by atoms with Crippen LogP contribution < -0.4 is 14.5 Å². The molecule has 0 atom stereocenters. The number of anilines is 1. The van der Waals surface area contributed by atoms with Crippen LogP contribution in [0.5, 0.6) is 11.9 Å². The van der Waals surface area contributed by atoms with Crippen molar-refractivity contribution in [1.82, 2.24) is 0 Å². The summed E-state index contributed by atoms with van der Waals surface area (Å²) in [6.07, 6.45) is 0. The topological polar surface area (TPSA) is 77.3 Å². The van der Waals surface area contributed by atoms with E-state index >= 15 is 0 Å². The van der Waals surface area contributed by atoms with Crippen molar-refractivity contribution in [1.29, 1.82) is 0 Å². The van der Waals surface area contributed by atoms with Crippen molar-refractivity contribution in [2.24, 2.45) is 0 Å². The van der Waals surface area contributed by atoms with Crippen molar-refractivity contribution in [3.05, 3.63) is 53.6 Å². The number of hydrogen-bond donors (Lipinski definition) is 3. The molecule has 0 spiro atoms. The van der Waals surface area contributed by atoms with Crippen LogP contribution >= 0.6 is 0 Å². The second-order valence-corrected chi connectivity index (χ2v) is 6.32. The molecule has 0 unspecified atom stereocenters. The quantitative estimate of drug-likeness (QED) is 0.629. The first-order valence-corrected chi connectivity index (χ1v) is 8.55. The molecule has 1 amide bonds. The van der Waals surface area contributed by atoms with E-state index in [2.05, 4.69) is 5.32 Å². The standard InChI is InChI=1S/C20H21N3O3/c1-4-22-19(25)16-7-5-6-8-17(16)23(20(22)26)12-18(24)21-15-10-9-13(2)14(3)11-15/h5-11H,4,12H2,1-3H3,(H,21,24)/p+2. The Morgan fingerprint density at radius 2 is 1.77 bits per heavy atom. The number of para-hydroxylation sites is 1. The Bertz CT molecular complexity index is 999. The third-order valence-electron chi connectivity index (χ3n) is 4.58. The highest BCUT2D eigenvalue weighted by Crippen LogP contribution is 2.20. The van der Waals surface area contributed by atoms with E-state index in [1.165, 1.54) is 9.13 Å². The van der Waals surface area contributed by atoms with E-state index in [0.29, 0.717) is 23.1 Å². The first kappa shape index (κ1) is 17.7. The van der Waals surface area contributed by atoms with Crippen LogP contribution in [-0.4, -0.2) is 16.1 Å². The second-order valence-electron chi connectivity index (χ2n) is 6.32. The highest BCUT2D eigenvalue weighted by Gasteiger charge is 2.33. The van der Waals surface area contributed by atoms with Gasteiger partial charge in [0.2, 0.25) is 12.1 Å². The van der Waals surface area contributed by atoms with Crippen LogP contribution in [0.3, 0.4) is 0 Å². The number of benzene rings is 2. The summed E-state index contributed by atoms with van der Waals surface area (Å²) in [5.74, 6) is -0.279. The van der Waals surface area contributed by atoms with Crippen LogP contribution in [0, 0.1) is 13.8 Å². The number of aromatic nitrogens is 2. The molecule has 3 N–H and O–H groups in total. The maximum atomic E-state index is 12.5. The van der Waals surface area contributed by atoms with Crippen molar-refractivity contribution >= 4 is 22.5 Å². The zero-order valence-electron chi connectivity index (χ0n) is 15.2. The molecule has 0 fully saturated rings. The average Bonchev–Trinajstić information content (AvgIpc) is 2.62. The summed E-state index contributed by atoms with van der Waals surface area (Å²) in [5.41, 5.74) is 3.55. The van der Waals surface area contributed by atoms with Gasteiger partial charge in [0.05, 0.1) is 0 Å². The normalized spacial score (nSPS) is 10.9. The molecule has 0 bridgehead atoms. The summed E-state index contributed by atoms with van der Waals surface area (Å²) in [6.45, 7) is 6.12. The summed E-state index contributed by atoms with van der Waals surface area (Å²) >= 11 is 0. The SMILES string of the molecule is CC[n+]1c(O)c2ccccc2[n+](CC(=O)Nc2ccc(C)c(C)c2)c1O. The predicted octanol–water partition coefficient (Wildman–Crippen LogP) is 2.10. The van der Waals surface area contributed by atoms with E-state index in [1.807, 2.05) is 39.0 Å². The number of amides is 1. The number of rotatable bonds is 4. The van der Waals surface area contributed by atoms with Crippen molar-refractivity contribution in [2.75, 3.05) is 5.32 Å². The summed E-state index contributed by atoms with van der Waals surface area (Å²) in [4.78, 5) is 12.5. The number of nitrogens with zero attached hydrogens (tertiary/aromatic N) is 2. The first-order chi connectivity index (χ1) is 12.4. The third-order valence-corrected chi connectivity index (χ3v) is 4.58. The summed E-state index contributed by atoms with van der Waals surface area (Å²) < 4.78 is 2.86. The fraction of sp³-hybridized carbons (Fsp3) is 0.250. The lowest BCUT2D eigenvalue weighted by molar-refractivity contribution is -0.815. The fourth-order valence-electron chi connectivity index (χ4n) is 3.00. The maximum Gasteiger partial charge on any atom is 0.632 e. The van der Waals surface area contributed by atoms with Gasteiger partial charge in [0, 0.05) is 11.8 Å². The van der Waals surface area contributed by atoms with Crippen LogP contribution in [0.25, 0.3) is 10.9 Å². The Morgan fingerprint density at radius 3 is 2.46 bits per heavy atom. The smallest absolute Gasteiger partial charge is 0.459 e. The molecule has 0 radical (unpaired) electrons. The number of aromatic hydroxyl groups is 2. The van der Waals surface area contributed by atoms with Crippen LogP contribution in [0.15, 0.2) is 42.5 Å². The largest absolute Gasteiger partial charge is 0.632 e. The molecule has 26 heavy (non-hydrogen) atoms. The molecule has 0 aliphatic rings. The Morgan fingerprint density at radius 1 is 1.04 bits per heavy atom. The van der Waals surface area contributed by atoms with Crippen LogP contribution in [0.4, 0.5) is 5.69 Å². The molecule has 2 aromatic carbocycles. The van der Waals surface area contributed by atoms with Gasteiger partial charge in [-0.1, -0.05) is 27.3 Å². The molecular formula is C20H23N3O3+2. The van der Waals surface area contributed by atoms with Crippen LogP contribution in [0.1, 0.15) is 18.1 Å². The highest BCUT2D eigenvalue weighted by atomic mass is 16.3. The second kappa shape index (κ2) is 7.00. The van der Waals surface area contributed by atoms with Gasteiger partial charge in [0.15, 0.2) is 11.9 Å². The molecule has 6 heteroatoms. The Hall–Kier alpha value is -3.15. The molecule has 134 valence electrons. The molecule has 0 aliphatic heterocycles. The predicted molar refractivity (Wildman–Crippen MR) is 97.9 cm³/mol. The van der Waals surface area contributed by atoms with Crippen molar-refractivity contribution in [3.63, 3.8) is 0 Å². The van der Waals surface area contributed by atoms with Gasteiger partial charge >= 0.3 is 11.9 Å². The highest BCUT2D eigenvalue weighted by molar-refractivity contribution is 5.90. The maximum absolute atomic E-state index is 12.5. The van der Waals surface area contributed by atoms with Crippen LogP contribution in [-0.2, 0) is 17.9 Å². The van der Waals surface area contributed by atoms with E-state index in [0.717, 1.165) is 11.1 Å². The number of fused-ring (bicyclic) bond motifs is 1. The number of aryl methyl sites for hydroxylation is 2. The molecule has 3 rings (SSSR count). The van der Waals surface area contributed by atoms with Gasteiger partial charge in [-0.25, -0.2) is 0 Å². The monoisotopic (exact) mass is 353 g/mol. The summed E-state index contributed by atoms with van der Waals surface area (Å²) in [5, 5.41) is 24.4. The van der Waals surface area contributed by atoms with E-state index < -0.39 is 0 Å². The molecule has 0 saturated heterocycles. The van der Waals surface area contributed by atoms with E-state index in [1.54, 1.807) is 24.3 Å². The third kappa shape index (κ3) is 3.18. The Balaban J connectivity index is 1.97. The van der Waals surface area contributed by atoms with E-state index in [-0.39, 0.29) is 24.3 Å². The van der Waals surface area contributed by atoms with Gasteiger partial charge in [-0.05, 0) is 50.1 Å². The molecule has 6 nitrogen and oxygen atoms in total. The fourth-order valence-corrected chi connectivity index (χ4v) is 3.00. The number of carbonyl (C=O) groups excluding carboxylic acids is 1. The van der Waals surface area contributed by atoms with Crippen molar-refractivity contribution in [2.45, 2.75) is 33.9 Å². The van der Waals surface area contributed by atoms with E-state index in [9.17, 15) is 15.0 Å². The molecule has 1 aromatic heterocycles. The molecule has 0 aliphatic carbocycles. The number of nitrogens with one attached hydrogen (secondary N) is 1. The number of carbonyl (C=O) groups is 1. The van der Waals surface area contributed by atoms with Crippen molar-refractivity contribution in [3.8, 4) is 11.9 Å². The molecule has 3 aromatic rings. The van der Waals surface area contributed by atoms with Crippen molar-refractivity contribution < 1.29 is 24.1 Å². The molecular weight excluding hydrogens is 330 g/mol. The average molecular weight is 353 g/mol. The number of hydrogen-bond acceptors (Lipinski definition) is 3. The molecule has 0 saturated carbocycles. The lowest BCUT2D eigenvalue weighted by Crippen LogP contribution is -2.50. The van der Waals surface area contributed by atoms with Gasteiger partial charge in [-0.3, -0.25) is 4.79 Å². The Kier molecular flexibility index (Phi) is 4.75. The van der Waals surface area contributed by atoms with Crippen LogP contribution in [0.2, 0.25) is 0 Å². The van der Waals surface area contributed by atoms with Gasteiger partial charge in [-0.2, -0.15) is 0 Å². The minimum atomic E-state index is -0.257. The zero-order chi connectivity index (χ0) is 18.8. The van der Waals surface area contributed by atoms with Gasteiger partial charge in [0.25, 0.3) is 5.91 Å².